The molecule has 0 radical (unpaired) electrons. The smallest absolute Gasteiger partial charge is 0.306 e. The lowest BCUT2D eigenvalue weighted by Crippen LogP contribution is -2.47. The van der Waals surface area contributed by atoms with Crippen LogP contribution < -0.4 is 10.2 Å². The quantitative estimate of drug-likeness (QED) is 0.0161. The lowest BCUT2D eigenvalue weighted by Gasteiger charge is -2.30. The van der Waals surface area contributed by atoms with Gasteiger partial charge in [0.15, 0.2) is 0 Å². The predicted octanol–water partition coefficient (Wildman–Crippen LogP) is 19.4. The van der Waals surface area contributed by atoms with Gasteiger partial charge in [0.25, 0.3) is 7.82 Å². The van der Waals surface area contributed by atoms with E-state index in [0.717, 1.165) is 64.2 Å². The molecule has 0 saturated heterocycles. The molecule has 0 aliphatic heterocycles. The number of likely N-dealkylation sites (N-methyl/N-ethyl adjacent to an activating group) is 1. The maximum atomic E-state index is 13.5. The standard InChI is InChI=1S/C66H125N2O7P/c1-7-10-13-16-19-22-25-27-29-31-32-33-34-35-36-37-39-41-44-47-50-53-56-59-66(70)75-64(57-54-51-48-45-42-24-21-18-15-12-9-3)63(62-74-76(71,72)73-61-60-68(4,5)6)67-65(69)58-55-52-49-46-43-40-38-30-28-26-23-20-17-14-11-8-2/h27,29-30,38,40,43,54,57,63-64H,7-26,28,31-37,39,41-42,44-53,55-56,58-62H2,1-6H3,(H-,67,69,71,72)/b29-27+,38-30+,43-40+,57-54-. The van der Waals surface area contributed by atoms with Gasteiger partial charge in [-0.3, -0.25) is 14.2 Å². The molecule has 10 heteroatoms. The van der Waals surface area contributed by atoms with Crippen molar-refractivity contribution in [3.05, 3.63) is 48.6 Å². The number of rotatable bonds is 59. The van der Waals surface area contributed by atoms with Gasteiger partial charge in [-0.2, -0.15) is 0 Å². The highest BCUT2D eigenvalue weighted by atomic mass is 31.2. The van der Waals surface area contributed by atoms with Crippen LogP contribution in [0.4, 0.5) is 0 Å². The van der Waals surface area contributed by atoms with Crippen molar-refractivity contribution >= 4 is 19.7 Å². The van der Waals surface area contributed by atoms with E-state index in [9.17, 15) is 19.0 Å². The van der Waals surface area contributed by atoms with Crippen LogP contribution in [0.15, 0.2) is 48.6 Å². The molecular formula is C66H125N2O7P. The Bertz CT molecular complexity index is 1440. The summed E-state index contributed by atoms with van der Waals surface area (Å²) in [5.74, 6) is -0.563. The molecule has 3 unspecified atom stereocenters. The Balaban J connectivity index is 5.14. The van der Waals surface area contributed by atoms with Crippen LogP contribution in [0.1, 0.15) is 310 Å². The highest BCUT2D eigenvalue weighted by Gasteiger charge is 2.27. The van der Waals surface area contributed by atoms with Crippen LogP contribution >= 0.6 is 7.82 Å². The van der Waals surface area contributed by atoms with Gasteiger partial charge in [0.2, 0.25) is 5.91 Å². The largest absolute Gasteiger partial charge is 0.756 e. The number of carbonyl (C=O) groups excluding carboxylic acids is 2. The molecule has 0 aromatic carbocycles. The molecule has 9 nitrogen and oxygen atoms in total. The first-order valence-corrected chi connectivity index (χ1v) is 33.9. The number of quaternary nitrogens is 1. The lowest BCUT2D eigenvalue weighted by atomic mass is 10.0. The predicted molar refractivity (Wildman–Crippen MR) is 326 cm³/mol. The highest BCUT2D eigenvalue weighted by molar-refractivity contribution is 7.45. The van der Waals surface area contributed by atoms with Crippen molar-refractivity contribution in [3.8, 4) is 0 Å². The Morgan fingerprint density at radius 1 is 0.461 bits per heavy atom. The molecule has 0 fully saturated rings. The summed E-state index contributed by atoms with van der Waals surface area (Å²) in [5, 5.41) is 3.02. The Morgan fingerprint density at radius 2 is 0.803 bits per heavy atom. The Labute approximate surface area is 471 Å². The van der Waals surface area contributed by atoms with E-state index in [-0.39, 0.29) is 31.3 Å². The van der Waals surface area contributed by atoms with Gasteiger partial charge < -0.3 is 28.5 Å². The van der Waals surface area contributed by atoms with E-state index in [1.54, 1.807) is 0 Å². The summed E-state index contributed by atoms with van der Waals surface area (Å²) >= 11 is 0. The van der Waals surface area contributed by atoms with Gasteiger partial charge in [-0.05, 0) is 83.1 Å². The van der Waals surface area contributed by atoms with E-state index in [1.807, 2.05) is 33.3 Å². The molecule has 0 bridgehead atoms. The molecular weight excluding hydrogens is 964 g/mol. The van der Waals surface area contributed by atoms with Gasteiger partial charge in [-0.25, -0.2) is 0 Å². The number of amides is 1. The van der Waals surface area contributed by atoms with Gasteiger partial charge in [-0.1, -0.05) is 262 Å². The molecule has 0 aliphatic carbocycles. The molecule has 446 valence electrons. The van der Waals surface area contributed by atoms with Gasteiger partial charge >= 0.3 is 5.97 Å². The van der Waals surface area contributed by atoms with E-state index in [4.69, 9.17) is 13.8 Å². The molecule has 0 heterocycles. The fourth-order valence-electron chi connectivity index (χ4n) is 9.45. The molecule has 0 aliphatic rings. The molecule has 1 N–H and O–H groups in total. The number of phosphoric acid groups is 1. The molecule has 0 aromatic heterocycles. The van der Waals surface area contributed by atoms with E-state index < -0.39 is 26.6 Å². The topological polar surface area (TPSA) is 114 Å². The van der Waals surface area contributed by atoms with Crippen molar-refractivity contribution in [2.45, 2.75) is 322 Å². The van der Waals surface area contributed by atoms with Crippen LogP contribution in [0, 0.1) is 0 Å². The van der Waals surface area contributed by atoms with Gasteiger partial charge in [0.1, 0.15) is 19.3 Å². The number of phosphoric ester groups is 1. The number of carbonyl (C=O) groups is 2. The van der Waals surface area contributed by atoms with Gasteiger partial charge in [0.05, 0.1) is 33.8 Å². The number of nitrogens with one attached hydrogen (secondary N) is 1. The lowest BCUT2D eigenvalue weighted by molar-refractivity contribution is -0.870. The summed E-state index contributed by atoms with van der Waals surface area (Å²) in [6.45, 7) is 6.83. The first kappa shape index (κ1) is 74.0. The average Bonchev–Trinajstić information content (AvgIpc) is 3.38. The number of allylic oxidation sites excluding steroid dienone is 7. The molecule has 3 atom stereocenters. The zero-order chi connectivity index (χ0) is 55.7. The van der Waals surface area contributed by atoms with Crippen LogP contribution in [0.3, 0.4) is 0 Å². The summed E-state index contributed by atoms with van der Waals surface area (Å²) < 4.78 is 30.3. The number of nitrogens with zero attached hydrogens (tertiary/aromatic N) is 1. The zero-order valence-electron chi connectivity index (χ0n) is 51.0. The maximum absolute atomic E-state index is 13.5. The number of hydrogen-bond donors (Lipinski definition) is 1. The second kappa shape index (κ2) is 56.3. The number of unbranched alkanes of at least 4 members (excludes halogenated alkanes) is 38. The van der Waals surface area contributed by atoms with Crippen LogP contribution in [0.25, 0.3) is 0 Å². The van der Waals surface area contributed by atoms with Crippen LogP contribution in [0.5, 0.6) is 0 Å². The van der Waals surface area contributed by atoms with Crippen molar-refractivity contribution < 1.29 is 37.3 Å². The summed E-state index contributed by atoms with van der Waals surface area (Å²) in [6.07, 6.45) is 69.5. The molecule has 76 heavy (non-hydrogen) atoms. The van der Waals surface area contributed by atoms with Crippen LogP contribution in [0.2, 0.25) is 0 Å². The van der Waals surface area contributed by atoms with Gasteiger partial charge in [-0.15, -0.1) is 0 Å². The number of ether oxygens (including phenoxy) is 1. The molecule has 0 saturated carbocycles. The molecule has 1 amide bonds. The molecule has 0 aromatic rings. The maximum Gasteiger partial charge on any atom is 0.306 e. The first-order valence-electron chi connectivity index (χ1n) is 32.5. The van der Waals surface area contributed by atoms with E-state index in [1.165, 1.54) is 205 Å². The highest BCUT2D eigenvalue weighted by Crippen LogP contribution is 2.38. The summed E-state index contributed by atoms with van der Waals surface area (Å²) in [4.78, 5) is 40.0. The summed E-state index contributed by atoms with van der Waals surface area (Å²) in [7, 11) is 1.17. The summed E-state index contributed by atoms with van der Waals surface area (Å²) in [6, 6.07) is -0.900. The normalized spacial score (nSPS) is 13.9. The van der Waals surface area contributed by atoms with E-state index >= 15 is 0 Å². The SMILES string of the molecule is CCCCCCCC/C=C/CCCCCCCCCCCCCCCC(=O)OC(/C=C\CCCCCCCCCCC)C(COP(=O)([O-])OCC[N+](C)(C)C)NC(=O)CCCCC/C=C/C=C/CCCCCCCCC. The molecule has 0 spiro atoms. The van der Waals surface area contributed by atoms with Crippen molar-refractivity contribution in [3.63, 3.8) is 0 Å². The fourth-order valence-corrected chi connectivity index (χ4v) is 10.2. The third kappa shape index (κ3) is 56.7. The Morgan fingerprint density at radius 3 is 1.21 bits per heavy atom. The summed E-state index contributed by atoms with van der Waals surface area (Å²) in [5.41, 5.74) is 0. The minimum Gasteiger partial charge on any atom is -0.756 e. The Kier molecular flexibility index (Phi) is 54.7. The average molecular weight is 1090 g/mol. The van der Waals surface area contributed by atoms with Crippen molar-refractivity contribution in [2.24, 2.45) is 0 Å². The zero-order valence-corrected chi connectivity index (χ0v) is 51.9. The minimum atomic E-state index is -4.70. The Hall–Kier alpha value is -2.03. The number of hydrogen-bond acceptors (Lipinski definition) is 7. The van der Waals surface area contributed by atoms with Crippen molar-refractivity contribution in [2.75, 3.05) is 40.9 Å². The third-order valence-corrected chi connectivity index (χ3v) is 15.5. The third-order valence-electron chi connectivity index (χ3n) is 14.5. The number of esters is 1. The van der Waals surface area contributed by atoms with E-state index in [2.05, 4.69) is 62.5 Å². The minimum absolute atomic E-state index is 0.0267. The van der Waals surface area contributed by atoms with Gasteiger partial charge in [0, 0.05) is 12.8 Å². The van der Waals surface area contributed by atoms with Crippen molar-refractivity contribution in [1.29, 1.82) is 0 Å². The first-order chi connectivity index (χ1) is 36.9. The monoisotopic (exact) mass is 1090 g/mol. The van der Waals surface area contributed by atoms with E-state index in [0.29, 0.717) is 17.4 Å². The fraction of sp³-hybridized carbons (Fsp3) is 0.848. The second-order valence-corrected chi connectivity index (χ2v) is 24.7. The second-order valence-electron chi connectivity index (χ2n) is 23.3. The molecule has 0 rings (SSSR count). The van der Waals surface area contributed by atoms with Crippen LogP contribution in [-0.2, 0) is 27.9 Å². The van der Waals surface area contributed by atoms with Crippen molar-refractivity contribution in [1.82, 2.24) is 5.32 Å². The van der Waals surface area contributed by atoms with Crippen LogP contribution in [-0.4, -0.2) is 69.4 Å².